The van der Waals surface area contributed by atoms with Gasteiger partial charge in [-0.1, -0.05) is 20.8 Å². The molecule has 0 radical (unpaired) electrons. The summed E-state index contributed by atoms with van der Waals surface area (Å²) >= 11 is 0. The number of carboxylic acids is 1. The second kappa shape index (κ2) is 7.54. The van der Waals surface area contributed by atoms with Crippen molar-refractivity contribution in [2.45, 2.75) is 71.5 Å². The van der Waals surface area contributed by atoms with Gasteiger partial charge in [-0.3, -0.25) is 24.2 Å². The normalized spacial score (nSPS) is 20.7. The summed E-state index contributed by atoms with van der Waals surface area (Å²) in [6.45, 7) is 8.15. The lowest BCUT2D eigenvalue weighted by molar-refractivity contribution is -0.144. The molecule has 0 bridgehead atoms. The number of carbonyl (C=O) groups excluding carboxylic acids is 2. The molecule has 1 heterocycles. The largest absolute Gasteiger partial charge is 0.481 e. The van der Waals surface area contributed by atoms with E-state index in [1.807, 2.05) is 25.7 Å². The molecule has 2 unspecified atom stereocenters. The molecule has 6 nitrogen and oxygen atoms in total. The van der Waals surface area contributed by atoms with Crippen LogP contribution >= 0.6 is 0 Å². The Morgan fingerprint density at radius 1 is 1.33 bits per heavy atom. The number of nitrogens with zero attached hydrogens (tertiary/aromatic N) is 2. The molecule has 0 saturated carbocycles. The van der Waals surface area contributed by atoms with Crippen LogP contribution in [0.2, 0.25) is 0 Å². The number of amides is 2. The number of likely N-dealkylation sites (tertiary alicyclic amines) is 1. The number of aliphatic carboxylic acids is 1. The van der Waals surface area contributed by atoms with Crippen molar-refractivity contribution in [3.8, 4) is 0 Å². The minimum Gasteiger partial charge on any atom is -0.481 e. The maximum Gasteiger partial charge on any atom is 0.304 e. The van der Waals surface area contributed by atoms with Gasteiger partial charge in [0.15, 0.2) is 0 Å². The number of carboxylic acid groups (broad SMARTS) is 1. The van der Waals surface area contributed by atoms with Crippen molar-refractivity contribution in [3.63, 3.8) is 0 Å². The SMILES string of the molecule is CCC(CC)N1C(=O)CC(N(CC)C(C)CC(=O)O)C1=O. The number of imide groups is 1. The third-order valence-electron chi connectivity index (χ3n) is 4.27. The standard InChI is InChI=1S/C15H26N2O4/c1-5-11(6-2)17-13(18)9-12(15(17)21)16(7-3)10(4)8-14(19)20/h10-12H,5-9H2,1-4H3,(H,19,20). The van der Waals surface area contributed by atoms with E-state index in [2.05, 4.69) is 0 Å². The predicted octanol–water partition coefficient (Wildman–Crippen LogP) is 1.49. The zero-order valence-corrected chi connectivity index (χ0v) is 13.3. The fourth-order valence-corrected chi connectivity index (χ4v) is 3.14. The Balaban J connectivity index is 2.90. The molecule has 1 N–H and O–H groups in total. The first-order valence-electron chi connectivity index (χ1n) is 7.70. The molecule has 0 aromatic heterocycles. The summed E-state index contributed by atoms with van der Waals surface area (Å²) in [6.07, 6.45) is 1.62. The molecular weight excluding hydrogens is 272 g/mol. The van der Waals surface area contributed by atoms with Gasteiger partial charge in [0.2, 0.25) is 11.8 Å². The highest BCUT2D eigenvalue weighted by molar-refractivity contribution is 6.05. The third kappa shape index (κ3) is 3.81. The van der Waals surface area contributed by atoms with Crippen LogP contribution in [0.3, 0.4) is 0 Å². The van der Waals surface area contributed by atoms with Crippen LogP contribution in [0.5, 0.6) is 0 Å². The molecular formula is C15H26N2O4. The van der Waals surface area contributed by atoms with E-state index in [0.717, 1.165) is 12.8 Å². The van der Waals surface area contributed by atoms with E-state index >= 15 is 0 Å². The highest BCUT2D eigenvalue weighted by Crippen LogP contribution is 2.25. The van der Waals surface area contributed by atoms with Crippen LogP contribution in [-0.4, -0.2) is 57.4 Å². The molecule has 1 aliphatic rings. The first-order valence-corrected chi connectivity index (χ1v) is 7.70. The lowest BCUT2D eigenvalue weighted by Gasteiger charge is -2.32. The lowest BCUT2D eigenvalue weighted by Crippen LogP contribution is -2.48. The molecule has 2 atom stereocenters. The number of hydrogen-bond acceptors (Lipinski definition) is 4. The monoisotopic (exact) mass is 298 g/mol. The van der Waals surface area contributed by atoms with Crippen LogP contribution in [0.15, 0.2) is 0 Å². The Morgan fingerprint density at radius 2 is 1.90 bits per heavy atom. The van der Waals surface area contributed by atoms with E-state index in [1.165, 1.54) is 4.90 Å². The summed E-state index contributed by atoms with van der Waals surface area (Å²) in [5.41, 5.74) is 0. The third-order valence-corrected chi connectivity index (χ3v) is 4.27. The topological polar surface area (TPSA) is 77.9 Å². The molecule has 21 heavy (non-hydrogen) atoms. The van der Waals surface area contributed by atoms with Crippen molar-refractivity contribution < 1.29 is 19.5 Å². The van der Waals surface area contributed by atoms with Crippen molar-refractivity contribution in [1.29, 1.82) is 0 Å². The van der Waals surface area contributed by atoms with E-state index in [1.54, 1.807) is 6.92 Å². The molecule has 6 heteroatoms. The van der Waals surface area contributed by atoms with Crippen molar-refractivity contribution in [2.75, 3.05) is 6.54 Å². The lowest BCUT2D eigenvalue weighted by atomic mass is 10.1. The second-order valence-corrected chi connectivity index (χ2v) is 5.57. The van der Waals surface area contributed by atoms with Crippen molar-refractivity contribution in [3.05, 3.63) is 0 Å². The zero-order valence-electron chi connectivity index (χ0n) is 13.3. The van der Waals surface area contributed by atoms with Gasteiger partial charge in [-0.15, -0.1) is 0 Å². The van der Waals surface area contributed by atoms with E-state index in [9.17, 15) is 14.4 Å². The Bertz CT molecular complexity index is 406. The van der Waals surface area contributed by atoms with Gasteiger partial charge in [-0.25, -0.2) is 0 Å². The smallest absolute Gasteiger partial charge is 0.304 e. The molecule has 0 aromatic carbocycles. The Morgan fingerprint density at radius 3 is 2.33 bits per heavy atom. The van der Waals surface area contributed by atoms with Gasteiger partial charge in [-0.05, 0) is 26.3 Å². The van der Waals surface area contributed by atoms with Crippen LogP contribution in [0.25, 0.3) is 0 Å². The number of carbonyl (C=O) groups is 3. The summed E-state index contributed by atoms with van der Waals surface area (Å²) in [6, 6.07) is -0.836. The van der Waals surface area contributed by atoms with Gasteiger partial charge >= 0.3 is 5.97 Å². The average Bonchev–Trinajstić information content (AvgIpc) is 2.69. The molecule has 0 aromatic rings. The van der Waals surface area contributed by atoms with Gasteiger partial charge in [0.1, 0.15) is 0 Å². The quantitative estimate of drug-likeness (QED) is 0.687. The predicted molar refractivity (Wildman–Crippen MR) is 78.7 cm³/mol. The van der Waals surface area contributed by atoms with Crippen molar-refractivity contribution in [1.82, 2.24) is 9.80 Å². The first kappa shape index (κ1) is 17.6. The average molecular weight is 298 g/mol. The van der Waals surface area contributed by atoms with Crippen LogP contribution in [0.4, 0.5) is 0 Å². The van der Waals surface area contributed by atoms with E-state index in [0.29, 0.717) is 6.54 Å². The minimum absolute atomic E-state index is 0.0310. The van der Waals surface area contributed by atoms with E-state index < -0.39 is 12.0 Å². The molecule has 1 fully saturated rings. The maximum atomic E-state index is 12.6. The number of likely N-dealkylation sites (N-methyl/N-ethyl adjacent to an activating group) is 1. The van der Waals surface area contributed by atoms with Gasteiger partial charge in [0.05, 0.1) is 18.9 Å². The van der Waals surface area contributed by atoms with Gasteiger partial charge < -0.3 is 5.11 Å². The first-order chi connectivity index (χ1) is 9.87. The van der Waals surface area contributed by atoms with Crippen LogP contribution in [0.1, 0.15) is 53.4 Å². The fourth-order valence-electron chi connectivity index (χ4n) is 3.14. The summed E-state index contributed by atoms with van der Waals surface area (Å²) in [4.78, 5) is 38.9. The van der Waals surface area contributed by atoms with E-state index in [-0.39, 0.29) is 36.7 Å². The number of hydrogen-bond donors (Lipinski definition) is 1. The van der Waals surface area contributed by atoms with Crippen molar-refractivity contribution in [2.24, 2.45) is 0 Å². The molecule has 0 aliphatic carbocycles. The van der Waals surface area contributed by atoms with Crippen LogP contribution in [0, 0.1) is 0 Å². The van der Waals surface area contributed by atoms with Crippen LogP contribution in [-0.2, 0) is 14.4 Å². The molecule has 1 saturated heterocycles. The van der Waals surface area contributed by atoms with Gasteiger partial charge in [0, 0.05) is 12.1 Å². The Labute approximate surface area is 126 Å². The summed E-state index contributed by atoms with van der Waals surface area (Å²) < 4.78 is 0. The van der Waals surface area contributed by atoms with Gasteiger partial charge in [-0.2, -0.15) is 0 Å². The number of rotatable bonds is 8. The summed E-state index contributed by atoms with van der Waals surface area (Å²) in [5, 5.41) is 8.92. The minimum atomic E-state index is -0.894. The van der Waals surface area contributed by atoms with Crippen LogP contribution < -0.4 is 0 Å². The molecule has 1 aliphatic heterocycles. The highest BCUT2D eigenvalue weighted by atomic mass is 16.4. The Hall–Kier alpha value is -1.43. The fraction of sp³-hybridized carbons (Fsp3) is 0.800. The molecule has 0 spiro atoms. The molecule has 2 amide bonds. The Kier molecular flexibility index (Phi) is 6.33. The zero-order chi connectivity index (χ0) is 16.2. The second-order valence-electron chi connectivity index (χ2n) is 5.57. The maximum absolute atomic E-state index is 12.6. The van der Waals surface area contributed by atoms with E-state index in [4.69, 9.17) is 5.11 Å². The summed E-state index contributed by atoms with van der Waals surface area (Å²) in [5.74, 6) is -1.21. The highest BCUT2D eigenvalue weighted by Gasteiger charge is 2.44. The molecule has 120 valence electrons. The molecule has 1 rings (SSSR count). The summed E-state index contributed by atoms with van der Waals surface area (Å²) in [7, 11) is 0. The van der Waals surface area contributed by atoms with Crippen molar-refractivity contribution >= 4 is 17.8 Å². The van der Waals surface area contributed by atoms with Gasteiger partial charge in [0.25, 0.3) is 0 Å².